The Morgan fingerprint density at radius 3 is 2.79 bits per heavy atom. The van der Waals surface area contributed by atoms with E-state index in [2.05, 4.69) is 0 Å². The van der Waals surface area contributed by atoms with Crippen LogP contribution in [0.25, 0.3) is 0 Å². The molecule has 1 amide bonds. The molecule has 6 heteroatoms. The molecular weight excluding hydrogens is 358 g/mol. The summed E-state index contributed by atoms with van der Waals surface area (Å²) in [7, 11) is 1.63. The molecule has 0 N–H and O–H groups in total. The number of hydrogen-bond donors (Lipinski definition) is 0. The van der Waals surface area contributed by atoms with Gasteiger partial charge in [-0.15, -0.1) is 0 Å². The summed E-state index contributed by atoms with van der Waals surface area (Å²) in [6, 6.07) is 7.59. The van der Waals surface area contributed by atoms with Crippen LogP contribution in [0.5, 0.6) is 5.75 Å². The summed E-state index contributed by atoms with van der Waals surface area (Å²) in [6.07, 6.45) is 5.30. The Hall–Kier alpha value is -2.34. The lowest BCUT2D eigenvalue weighted by Gasteiger charge is -2.27. The van der Waals surface area contributed by atoms with Crippen LogP contribution in [0.3, 0.4) is 0 Å². The second kappa shape index (κ2) is 7.24. The van der Waals surface area contributed by atoms with Crippen LogP contribution in [-0.2, 0) is 19.1 Å². The highest BCUT2D eigenvalue weighted by atomic mass is 16.6. The predicted octanol–water partition coefficient (Wildman–Crippen LogP) is 2.88. The van der Waals surface area contributed by atoms with Gasteiger partial charge in [0.2, 0.25) is 5.91 Å². The van der Waals surface area contributed by atoms with Gasteiger partial charge in [-0.25, -0.2) is 0 Å². The number of fused-ring (bicyclic) bond motifs is 1. The fourth-order valence-electron chi connectivity index (χ4n) is 4.60. The molecule has 1 spiro atoms. The Morgan fingerprint density at radius 2 is 2.11 bits per heavy atom. The van der Waals surface area contributed by atoms with E-state index in [1.165, 1.54) is 0 Å². The van der Waals surface area contributed by atoms with Crippen molar-refractivity contribution in [2.75, 3.05) is 20.3 Å². The second-order valence-electron chi connectivity index (χ2n) is 7.84. The van der Waals surface area contributed by atoms with E-state index in [1.807, 2.05) is 55.2 Å². The minimum Gasteiger partial charge on any atom is -0.497 e. The van der Waals surface area contributed by atoms with Crippen molar-refractivity contribution in [2.45, 2.75) is 44.4 Å². The Morgan fingerprint density at radius 1 is 1.36 bits per heavy atom. The zero-order chi connectivity index (χ0) is 19.9. The molecule has 2 saturated heterocycles. The first-order valence-electron chi connectivity index (χ1n) is 9.99. The minimum absolute atomic E-state index is 0.0346. The van der Waals surface area contributed by atoms with Gasteiger partial charge in [-0.2, -0.15) is 0 Å². The maximum absolute atomic E-state index is 13.3. The van der Waals surface area contributed by atoms with E-state index in [0.717, 1.165) is 24.2 Å². The Labute approximate surface area is 165 Å². The van der Waals surface area contributed by atoms with Crippen molar-refractivity contribution in [2.24, 2.45) is 11.8 Å². The molecular formula is C22H27NO5. The van der Waals surface area contributed by atoms with Gasteiger partial charge < -0.3 is 19.1 Å². The number of nitrogens with zero attached hydrogens (tertiary/aromatic N) is 1. The highest BCUT2D eigenvalue weighted by Crippen LogP contribution is 2.53. The standard InChI is InChI=1S/C22H27NO5/c1-4-5-12-27-21(25)18-17-10-11-22(28-17)13-23(20(24)19(18)22)14(2)15-6-8-16(26-3)9-7-15/h6-11,14,17-19H,4-5,12-13H2,1-3H3/t14-,17-,18-,19-,22+/m0/s1. The molecule has 1 aromatic carbocycles. The van der Waals surface area contributed by atoms with Gasteiger partial charge >= 0.3 is 5.97 Å². The quantitative estimate of drug-likeness (QED) is 0.410. The van der Waals surface area contributed by atoms with Crippen LogP contribution < -0.4 is 4.74 Å². The first kappa shape index (κ1) is 19.0. The molecule has 1 aromatic rings. The smallest absolute Gasteiger partial charge is 0.312 e. The first-order chi connectivity index (χ1) is 13.5. The van der Waals surface area contributed by atoms with Crippen molar-refractivity contribution in [3.8, 4) is 5.75 Å². The van der Waals surface area contributed by atoms with Crippen molar-refractivity contribution in [3.05, 3.63) is 42.0 Å². The van der Waals surface area contributed by atoms with Crippen LogP contribution in [-0.4, -0.2) is 48.7 Å². The number of amides is 1. The largest absolute Gasteiger partial charge is 0.497 e. The molecule has 0 aliphatic carbocycles. The highest BCUT2D eigenvalue weighted by molar-refractivity contribution is 5.91. The molecule has 6 nitrogen and oxygen atoms in total. The summed E-state index contributed by atoms with van der Waals surface area (Å²) >= 11 is 0. The molecule has 3 aliphatic heterocycles. The SMILES string of the molecule is CCCCOC(=O)[C@H]1[C@@H]2C=C[C@]3(CN([C@@H](C)c4ccc(OC)cc4)C(=O)[C@H]13)O2. The van der Waals surface area contributed by atoms with Crippen molar-refractivity contribution >= 4 is 11.9 Å². The first-order valence-corrected chi connectivity index (χ1v) is 9.99. The summed E-state index contributed by atoms with van der Waals surface area (Å²) in [4.78, 5) is 27.8. The number of benzene rings is 1. The number of ether oxygens (including phenoxy) is 3. The molecule has 2 fully saturated rings. The fraction of sp³-hybridized carbons (Fsp3) is 0.545. The van der Waals surface area contributed by atoms with Crippen LogP contribution in [0, 0.1) is 11.8 Å². The summed E-state index contributed by atoms with van der Waals surface area (Å²) < 4.78 is 16.8. The molecule has 0 aromatic heterocycles. The summed E-state index contributed by atoms with van der Waals surface area (Å²) in [5, 5.41) is 0. The molecule has 2 bridgehead atoms. The number of carbonyl (C=O) groups is 2. The third kappa shape index (κ3) is 2.91. The van der Waals surface area contributed by atoms with Gasteiger partial charge in [0.15, 0.2) is 0 Å². The average molecular weight is 385 g/mol. The molecule has 150 valence electrons. The Balaban J connectivity index is 1.54. The molecule has 28 heavy (non-hydrogen) atoms. The van der Waals surface area contributed by atoms with Crippen LogP contribution in [0.1, 0.15) is 38.3 Å². The third-order valence-electron chi connectivity index (χ3n) is 6.21. The van der Waals surface area contributed by atoms with Gasteiger partial charge in [-0.1, -0.05) is 37.6 Å². The van der Waals surface area contributed by atoms with Gasteiger partial charge in [0, 0.05) is 0 Å². The number of rotatable bonds is 7. The summed E-state index contributed by atoms with van der Waals surface area (Å²) in [6.45, 7) is 4.89. The van der Waals surface area contributed by atoms with Crippen LogP contribution >= 0.6 is 0 Å². The zero-order valence-electron chi connectivity index (χ0n) is 16.6. The average Bonchev–Trinajstić information content (AvgIpc) is 3.36. The molecule has 4 rings (SSSR count). The van der Waals surface area contributed by atoms with Crippen LogP contribution in [0.2, 0.25) is 0 Å². The lowest BCUT2D eigenvalue weighted by Crippen LogP contribution is -2.40. The Bertz CT molecular complexity index is 789. The van der Waals surface area contributed by atoms with E-state index in [1.54, 1.807) is 7.11 Å². The number of carbonyl (C=O) groups excluding carboxylic acids is 2. The maximum atomic E-state index is 13.3. The van der Waals surface area contributed by atoms with E-state index in [0.29, 0.717) is 13.2 Å². The van der Waals surface area contributed by atoms with E-state index >= 15 is 0 Å². The van der Waals surface area contributed by atoms with Gasteiger partial charge in [-0.3, -0.25) is 9.59 Å². The molecule has 3 heterocycles. The lowest BCUT2D eigenvalue weighted by molar-refractivity contribution is -0.154. The van der Waals surface area contributed by atoms with E-state index in [-0.39, 0.29) is 24.0 Å². The number of methoxy groups -OCH3 is 1. The van der Waals surface area contributed by atoms with Gasteiger partial charge in [0.1, 0.15) is 17.3 Å². The van der Waals surface area contributed by atoms with Crippen LogP contribution in [0.15, 0.2) is 36.4 Å². The molecule has 0 radical (unpaired) electrons. The monoisotopic (exact) mass is 385 g/mol. The zero-order valence-corrected chi connectivity index (χ0v) is 16.6. The van der Waals surface area contributed by atoms with Crippen LogP contribution in [0.4, 0.5) is 0 Å². The van der Waals surface area contributed by atoms with E-state index in [9.17, 15) is 9.59 Å². The topological polar surface area (TPSA) is 65.1 Å². The van der Waals surface area contributed by atoms with Crippen molar-refractivity contribution in [3.63, 3.8) is 0 Å². The summed E-state index contributed by atoms with van der Waals surface area (Å²) in [5.41, 5.74) is 0.308. The number of likely N-dealkylation sites (tertiary alicyclic amines) is 1. The second-order valence-corrected chi connectivity index (χ2v) is 7.84. The maximum Gasteiger partial charge on any atom is 0.312 e. The lowest BCUT2D eigenvalue weighted by atomic mass is 9.77. The third-order valence-corrected chi connectivity index (χ3v) is 6.21. The molecule has 0 saturated carbocycles. The van der Waals surface area contributed by atoms with E-state index < -0.39 is 17.4 Å². The van der Waals surface area contributed by atoms with Crippen molar-refractivity contribution in [1.82, 2.24) is 4.90 Å². The summed E-state index contributed by atoms with van der Waals surface area (Å²) in [5.74, 6) is -0.631. The number of esters is 1. The Kier molecular flexibility index (Phi) is 4.91. The molecule has 5 atom stereocenters. The number of hydrogen-bond acceptors (Lipinski definition) is 5. The molecule has 3 aliphatic rings. The van der Waals surface area contributed by atoms with E-state index in [4.69, 9.17) is 14.2 Å². The van der Waals surface area contributed by atoms with Gasteiger partial charge in [0.25, 0.3) is 0 Å². The van der Waals surface area contributed by atoms with Crippen molar-refractivity contribution < 1.29 is 23.8 Å². The predicted molar refractivity (Wildman–Crippen MR) is 103 cm³/mol. The fourth-order valence-corrected chi connectivity index (χ4v) is 4.60. The van der Waals surface area contributed by atoms with Gasteiger partial charge in [-0.05, 0) is 31.0 Å². The normalized spacial score (nSPS) is 31.2. The number of unbranched alkanes of at least 4 members (excludes halogenated alkanes) is 1. The minimum atomic E-state index is -0.711. The molecule has 0 unspecified atom stereocenters. The highest BCUT2D eigenvalue weighted by Gasteiger charge is 2.67. The van der Waals surface area contributed by atoms with Gasteiger partial charge in [0.05, 0.1) is 38.3 Å². The van der Waals surface area contributed by atoms with Crippen molar-refractivity contribution in [1.29, 1.82) is 0 Å².